The Hall–Kier alpha value is -2.92. The lowest BCUT2D eigenvalue weighted by molar-refractivity contribution is -0.137. The Kier molecular flexibility index (Phi) is 5.72. The third kappa shape index (κ3) is 4.35. The van der Waals surface area contributed by atoms with Gasteiger partial charge in [-0.15, -0.1) is 0 Å². The summed E-state index contributed by atoms with van der Waals surface area (Å²) in [7, 11) is -2.30. The fourth-order valence-corrected chi connectivity index (χ4v) is 5.27. The fraction of sp³-hybridized carbons (Fsp3) is 0.286. The molecule has 0 saturated carbocycles. The van der Waals surface area contributed by atoms with Crippen molar-refractivity contribution in [3.63, 3.8) is 0 Å². The first kappa shape index (κ1) is 22.3. The summed E-state index contributed by atoms with van der Waals surface area (Å²) in [5, 5.41) is 2.70. The zero-order valence-electron chi connectivity index (χ0n) is 16.9. The predicted molar refractivity (Wildman–Crippen MR) is 110 cm³/mol. The number of hydrogen-bond donors (Lipinski definition) is 1. The largest absolute Gasteiger partial charge is 0.416 e. The van der Waals surface area contributed by atoms with Gasteiger partial charge < -0.3 is 9.88 Å². The molecule has 1 N–H and O–H groups in total. The molecule has 0 aliphatic carbocycles. The van der Waals surface area contributed by atoms with Gasteiger partial charge in [-0.2, -0.15) is 17.5 Å². The molecule has 0 bridgehead atoms. The molecule has 11 heteroatoms. The first-order valence-corrected chi connectivity index (χ1v) is 11.2. The number of halogens is 4. The molecule has 0 amide bonds. The first-order valence-electron chi connectivity index (χ1n) is 9.72. The maximum Gasteiger partial charge on any atom is 0.416 e. The van der Waals surface area contributed by atoms with Crippen LogP contribution in [0.1, 0.15) is 17.0 Å². The van der Waals surface area contributed by atoms with Gasteiger partial charge in [0.05, 0.1) is 17.6 Å². The summed E-state index contributed by atoms with van der Waals surface area (Å²) in [5.74, 6) is -1.26. The van der Waals surface area contributed by atoms with Gasteiger partial charge in [0.2, 0.25) is 0 Å². The third-order valence-corrected chi connectivity index (χ3v) is 7.15. The van der Waals surface area contributed by atoms with Gasteiger partial charge in [0, 0.05) is 38.3 Å². The molecule has 170 valence electrons. The molecule has 2 atom stereocenters. The number of sulfonamides is 1. The van der Waals surface area contributed by atoms with Crippen LogP contribution < -0.4 is 5.32 Å². The summed E-state index contributed by atoms with van der Waals surface area (Å²) in [5.41, 5.74) is -0.535. The lowest BCUT2D eigenvalue weighted by Crippen LogP contribution is -2.32. The van der Waals surface area contributed by atoms with E-state index in [0.29, 0.717) is 12.1 Å². The maximum atomic E-state index is 14.4. The highest BCUT2D eigenvalue weighted by Gasteiger charge is 2.41. The minimum absolute atomic E-state index is 0.0614. The minimum atomic E-state index is -4.63. The molecule has 32 heavy (non-hydrogen) atoms. The van der Waals surface area contributed by atoms with Crippen LogP contribution in [-0.2, 0) is 23.2 Å². The molecule has 1 fully saturated rings. The number of anilines is 1. The highest BCUT2D eigenvalue weighted by Crippen LogP contribution is 2.36. The Morgan fingerprint density at radius 1 is 1.09 bits per heavy atom. The second-order valence-corrected chi connectivity index (χ2v) is 9.54. The summed E-state index contributed by atoms with van der Waals surface area (Å²) < 4.78 is 82.6. The van der Waals surface area contributed by atoms with Crippen molar-refractivity contribution in [3.8, 4) is 0 Å². The van der Waals surface area contributed by atoms with Crippen LogP contribution in [0, 0.1) is 5.82 Å². The summed E-state index contributed by atoms with van der Waals surface area (Å²) in [6.07, 6.45) is -1.89. The molecular weight excluding hydrogens is 448 g/mol. The van der Waals surface area contributed by atoms with E-state index in [1.807, 2.05) is 0 Å². The molecule has 6 nitrogen and oxygen atoms in total. The maximum absolute atomic E-state index is 14.4. The number of aryl methyl sites for hydroxylation is 1. The Morgan fingerprint density at radius 3 is 2.44 bits per heavy atom. The van der Waals surface area contributed by atoms with Gasteiger partial charge in [-0.05, 0) is 23.8 Å². The van der Waals surface area contributed by atoms with Crippen LogP contribution in [0.5, 0.6) is 0 Å². The monoisotopic (exact) mass is 468 g/mol. The highest BCUT2D eigenvalue weighted by molar-refractivity contribution is 7.89. The number of aromatic nitrogens is 2. The molecule has 2 aromatic carbocycles. The molecular formula is C21H20F4N4O2S. The summed E-state index contributed by atoms with van der Waals surface area (Å²) >= 11 is 0. The Morgan fingerprint density at radius 2 is 1.81 bits per heavy atom. The van der Waals surface area contributed by atoms with Gasteiger partial charge in [-0.1, -0.05) is 30.3 Å². The van der Waals surface area contributed by atoms with Crippen molar-refractivity contribution in [2.24, 2.45) is 7.05 Å². The van der Waals surface area contributed by atoms with Gasteiger partial charge in [-0.3, -0.25) is 0 Å². The topological polar surface area (TPSA) is 67.2 Å². The van der Waals surface area contributed by atoms with Gasteiger partial charge in [0.15, 0.2) is 5.03 Å². The van der Waals surface area contributed by atoms with E-state index in [4.69, 9.17) is 0 Å². The highest BCUT2D eigenvalue weighted by atomic mass is 32.2. The number of benzene rings is 2. The van der Waals surface area contributed by atoms with E-state index in [1.165, 1.54) is 21.4 Å². The normalized spacial score (nSPS) is 19.9. The SMILES string of the molecule is Cn1cnc(S(=O)(=O)N2C[C@@H](Nc3cc(C(F)(F)F)ccc3F)[C@H](c3ccccc3)C2)c1. The first-order chi connectivity index (χ1) is 15.1. The second-order valence-electron chi connectivity index (χ2n) is 7.66. The van der Waals surface area contributed by atoms with E-state index >= 15 is 0 Å². The fourth-order valence-electron chi connectivity index (χ4n) is 3.81. The zero-order valence-corrected chi connectivity index (χ0v) is 17.7. The number of nitrogens with one attached hydrogen (secondary N) is 1. The molecule has 1 saturated heterocycles. The van der Waals surface area contributed by atoms with Gasteiger partial charge in [-0.25, -0.2) is 17.8 Å². The number of alkyl halides is 3. The quantitative estimate of drug-likeness (QED) is 0.578. The van der Waals surface area contributed by atoms with E-state index in [9.17, 15) is 26.0 Å². The average Bonchev–Trinajstić information content (AvgIpc) is 3.37. The van der Waals surface area contributed by atoms with Crippen molar-refractivity contribution in [2.45, 2.75) is 23.2 Å². The molecule has 1 aromatic heterocycles. The molecule has 1 aliphatic heterocycles. The van der Waals surface area contributed by atoms with Gasteiger partial charge in [0.1, 0.15) is 5.82 Å². The minimum Gasteiger partial charge on any atom is -0.378 e. The van der Waals surface area contributed by atoms with E-state index in [0.717, 1.165) is 11.6 Å². The van der Waals surface area contributed by atoms with Crippen LogP contribution in [0.25, 0.3) is 0 Å². The molecule has 0 unspecified atom stereocenters. The molecule has 1 aliphatic rings. The van der Waals surface area contributed by atoms with Crippen LogP contribution in [0.2, 0.25) is 0 Å². The van der Waals surface area contributed by atoms with E-state index in [1.54, 1.807) is 37.4 Å². The summed E-state index contributed by atoms with van der Waals surface area (Å²) in [6, 6.07) is 10.4. The van der Waals surface area contributed by atoms with Crippen LogP contribution in [0.15, 0.2) is 66.1 Å². The van der Waals surface area contributed by atoms with Crippen LogP contribution in [-0.4, -0.2) is 41.4 Å². The summed E-state index contributed by atoms with van der Waals surface area (Å²) in [6.45, 7) is 0.00925. The summed E-state index contributed by atoms with van der Waals surface area (Å²) in [4.78, 5) is 3.92. The number of nitrogens with zero attached hydrogens (tertiary/aromatic N) is 3. The Balaban J connectivity index is 1.68. The van der Waals surface area contributed by atoms with Crippen molar-refractivity contribution < 1.29 is 26.0 Å². The van der Waals surface area contributed by atoms with E-state index < -0.39 is 39.5 Å². The van der Waals surface area contributed by atoms with Crippen molar-refractivity contribution >= 4 is 15.7 Å². The third-order valence-electron chi connectivity index (χ3n) is 5.43. The number of hydrogen-bond acceptors (Lipinski definition) is 4. The van der Waals surface area contributed by atoms with E-state index in [-0.39, 0.29) is 23.8 Å². The average molecular weight is 468 g/mol. The van der Waals surface area contributed by atoms with Crippen molar-refractivity contribution in [3.05, 3.63) is 78.0 Å². The Bertz CT molecular complexity index is 1210. The molecule has 3 aromatic rings. The van der Waals surface area contributed by atoms with Crippen molar-refractivity contribution in [1.29, 1.82) is 0 Å². The van der Waals surface area contributed by atoms with Gasteiger partial charge >= 0.3 is 6.18 Å². The zero-order chi connectivity index (χ0) is 23.1. The van der Waals surface area contributed by atoms with Crippen molar-refractivity contribution in [2.75, 3.05) is 18.4 Å². The molecule has 0 radical (unpaired) electrons. The number of rotatable bonds is 5. The van der Waals surface area contributed by atoms with Gasteiger partial charge in [0.25, 0.3) is 10.0 Å². The molecule has 4 rings (SSSR count). The van der Waals surface area contributed by atoms with Crippen LogP contribution in [0.3, 0.4) is 0 Å². The predicted octanol–water partition coefficient (Wildman–Crippen LogP) is 3.85. The van der Waals surface area contributed by atoms with Crippen molar-refractivity contribution in [1.82, 2.24) is 13.9 Å². The molecule has 2 heterocycles. The molecule has 0 spiro atoms. The lowest BCUT2D eigenvalue weighted by atomic mass is 9.94. The number of imidazole rings is 1. The second kappa shape index (κ2) is 8.21. The van der Waals surface area contributed by atoms with Crippen LogP contribution >= 0.6 is 0 Å². The standard InChI is InChI=1S/C21H20F4N4O2S/c1-28-12-20(26-13-28)32(30,31)29-10-16(14-5-3-2-4-6-14)19(11-29)27-18-9-15(21(23,24)25)7-8-17(18)22/h2-9,12-13,16,19,27H,10-11H2,1H3/t16-,19+/m0/s1. The Labute approximate surface area is 182 Å². The van der Waals surface area contributed by atoms with E-state index in [2.05, 4.69) is 10.3 Å². The smallest absolute Gasteiger partial charge is 0.378 e. The van der Waals surface area contributed by atoms with Crippen LogP contribution in [0.4, 0.5) is 23.2 Å². The lowest BCUT2D eigenvalue weighted by Gasteiger charge is -2.22.